The van der Waals surface area contributed by atoms with Crippen LogP contribution in [0.1, 0.15) is 5.82 Å². The lowest BCUT2D eigenvalue weighted by molar-refractivity contribution is 0.584. The predicted octanol–water partition coefficient (Wildman–Crippen LogP) is -0.615. The van der Waals surface area contributed by atoms with Crippen LogP contribution in [0.15, 0.2) is 4.79 Å². The zero-order valence-electron chi connectivity index (χ0n) is 11.5. The van der Waals surface area contributed by atoms with Crippen LogP contribution in [-0.4, -0.2) is 45.3 Å². The van der Waals surface area contributed by atoms with Crippen LogP contribution in [0, 0.1) is 6.92 Å². The molecule has 1 saturated heterocycles. The predicted molar refractivity (Wildman–Crippen MR) is 73.6 cm³/mol. The molecule has 7 nitrogen and oxygen atoms in total. The number of piperazine rings is 1. The summed E-state index contributed by atoms with van der Waals surface area (Å²) in [6.07, 6.45) is 0. The van der Waals surface area contributed by atoms with E-state index in [9.17, 15) is 4.79 Å². The van der Waals surface area contributed by atoms with Crippen LogP contribution in [0.4, 0.5) is 5.82 Å². The molecule has 0 saturated carbocycles. The molecule has 0 aromatic carbocycles. The lowest BCUT2D eigenvalue weighted by atomic mass is 10.3. The van der Waals surface area contributed by atoms with Gasteiger partial charge in [0.1, 0.15) is 11.3 Å². The number of aromatic nitrogens is 4. The van der Waals surface area contributed by atoms with Gasteiger partial charge in [0.15, 0.2) is 11.5 Å². The van der Waals surface area contributed by atoms with Crippen molar-refractivity contribution in [1.29, 1.82) is 0 Å². The molecule has 0 radical (unpaired) electrons. The monoisotopic (exact) mass is 262 g/mol. The fraction of sp³-hybridized carbons (Fsp3) is 0.583. The van der Waals surface area contributed by atoms with Crippen molar-refractivity contribution in [3.63, 3.8) is 0 Å². The Morgan fingerprint density at radius 3 is 2.47 bits per heavy atom. The standard InChI is InChI=1S/C12H18N6O/c1-8-14-10-9(16(2)12(19)17(10)3)11(15-8)18-6-4-13-5-7-18/h13H,4-7H2,1-3H3. The van der Waals surface area contributed by atoms with Gasteiger partial charge in [0, 0.05) is 40.3 Å². The van der Waals surface area contributed by atoms with Crippen molar-refractivity contribution in [3.8, 4) is 0 Å². The van der Waals surface area contributed by atoms with Gasteiger partial charge in [-0.05, 0) is 6.92 Å². The fourth-order valence-electron chi connectivity index (χ4n) is 2.58. The normalized spacial score (nSPS) is 16.3. The first kappa shape index (κ1) is 12.2. The molecule has 1 fully saturated rings. The number of rotatable bonds is 1. The zero-order valence-corrected chi connectivity index (χ0v) is 11.5. The number of imidazole rings is 1. The summed E-state index contributed by atoms with van der Waals surface area (Å²) in [4.78, 5) is 23.2. The molecule has 19 heavy (non-hydrogen) atoms. The Hall–Kier alpha value is -1.89. The Labute approximate surface area is 110 Å². The van der Waals surface area contributed by atoms with Crippen molar-refractivity contribution in [2.45, 2.75) is 6.92 Å². The van der Waals surface area contributed by atoms with Crippen LogP contribution in [0.2, 0.25) is 0 Å². The van der Waals surface area contributed by atoms with E-state index in [0.717, 1.165) is 37.5 Å². The molecule has 1 N–H and O–H groups in total. The number of anilines is 1. The van der Waals surface area contributed by atoms with E-state index in [4.69, 9.17) is 0 Å². The lowest BCUT2D eigenvalue weighted by Crippen LogP contribution is -2.44. The van der Waals surface area contributed by atoms with Crippen molar-refractivity contribution in [1.82, 2.24) is 24.4 Å². The van der Waals surface area contributed by atoms with Gasteiger partial charge in [0.2, 0.25) is 0 Å². The van der Waals surface area contributed by atoms with Gasteiger partial charge in [-0.3, -0.25) is 9.13 Å². The summed E-state index contributed by atoms with van der Waals surface area (Å²) in [5.41, 5.74) is 1.46. The Morgan fingerprint density at radius 1 is 1.11 bits per heavy atom. The summed E-state index contributed by atoms with van der Waals surface area (Å²) < 4.78 is 3.21. The van der Waals surface area contributed by atoms with Gasteiger partial charge in [0.25, 0.3) is 0 Å². The summed E-state index contributed by atoms with van der Waals surface area (Å²) in [5.74, 6) is 1.56. The average Bonchev–Trinajstić information content (AvgIpc) is 2.64. The minimum absolute atomic E-state index is 0.0636. The van der Waals surface area contributed by atoms with Crippen molar-refractivity contribution in [2.75, 3.05) is 31.1 Å². The topological polar surface area (TPSA) is 68.0 Å². The van der Waals surface area contributed by atoms with Gasteiger partial charge in [0.05, 0.1) is 0 Å². The van der Waals surface area contributed by atoms with E-state index in [1.165, 1.54) is 0 Å². The Bertz CT molecular complexity index is 680. The van der Waals surface area contributed by atoms with Gasteiger partial charge >= 0.3 is 5.69 Å². The molecule has 1 aliphatic rings. The van der Waals surface area contributed by atoms with Crippen LogP contribution in [-0.2, 0) is 14.1 Å². The smallest absolute Gasteiger partial charge is 0.329 e. The summed E-state index contributed by atoms with van der Waals surface area (Å²) in [5, 5.41) is 3.32. The maximum Gasteiger partial charge on any atom is 0.329 e. The molecule has 2 aromatic rings. The zero-order chi connectivity index (χ0) is 13.6. The highest BCUT2D eigenvalue weighted by atomic mass is 16.1. The first-order valence-corrected chi connectivity index (χ1v) is 6.45. The first-order chi connectivity index (χ1) is 9.09. The molecular weight excluding hydrogens is 244 g/mol. The van der Waals surface area contributed by atoms with Crippen molar-refractivity contribution >= 4 is 17.0 Å². The number of aryl methyl sites for hydroxylation is 3. The highest BCUT2D eigenvalue weighted by Crippen LogP contribution is 2.22. The van der Waals surface area contributed by atoms with Crippen molar-refractivity contribution in [3.05, 3.63) is 16.3 Å². The van der Waals surface area contributed by atoms with Gasteiger partial charge in [-0.15, -0.1) is 0 Å². The number of nitrogens with one attached hydrogen (secondary N) is 1. The molecule has 0 spiro atoms. The fourth-order valence-corrected chi connectivity index (χ4v) is 2.58. The second-order valence-electron chi connectivity index (χ2n) is 4.90. The number of fused-ring (bicyclic) bond motifs is 1. The average molecular weight is 262 g/mol. The highest BCUT2D eigenvalue weighted by molar-refractivity contribution is 5.84. The van der Waals surface area contributed by atoms with E-state index < -0.39 is 0 Å². The summed E-state index contributed by atoms with van der Waals surface area (Å²) in [6.45, 7) is 5.53. The molecule has 0 amide bonds. The van der Waals surface area contributed by atoms with E-state index in [0.29, 0.717) is 11.5 Å². The molecule has 0 aliphatic carbocycles. The molecule has 102 valence electrons. The maximum absolute atomic E-state index is 12.1. The van der Waals surface area contributed by atoms with Gasteiger partial charge in [-0.2, -0.15) is 0 Å². The summed E-state index contributed by atoms with van der Waals surface area (Å²) in [7, 11) is 3.52. The largest absolute Gasteiger partial charge is 0.352 e. The van der Waals surface area contributed by atoms with Crippen molar-refractivity contribution < 1.29 is 0 Å². The van der Waals surface area contributed by atoms with Crippen LogP contribution < -0.4 is 15.9 Å². The van der Waals surface area contributed by atoms with Crippen molar-refractivity contribution in [2.24, 2.45) is 14.1 Å². The Kier molecular flexibility index (Phi) is 2.78. The maximum atomic E-state index is 12.1. The highest BCUT2D eigenvalue weighted by Gasteiger charge is 2.21. The molecule has 0 unspecified atom stereocenters. The van der Waals surface area contributed by atoms with Crippen LogP contribution in [0.25, 0.3) is 11.2 Å². The van der Waals surface area contributed by atoms with Gasteiger partial charge < -0.3 is 10.2 Å². The van der Waals surface area contributed by atoms with E-state index >= 15 is 0 Å². The quantitative estimate of drug-likeness (QED) is 0.742. The SMILES string of the molecule is Cc1nc(N2CCNCC2)c2c(n1)n(C)c(=O)n2C. The third kappa shape index (κ3) is 1.81. The number of hydrogen-bond acceptors (Lipinski definition) is 5. The minimum atomic E-state index is -0.0636. The van der Waals surface area contributed by atoms with E-state index in [1.807, 2.05) is 6.92 Å². The Morgan fingerprint density at radius 2 is 1.79 bits per heavy atom. The van der Waals surface area contributed by atoms with E-state index in [-0.39, 0.29) is 5.69 Å². The van der Waals surface area contributed by atoms with Gasteiger partial charge in [-0.25, -0.2) is 14.8 Å². The van der Waals surface area contributed by atoms with E-state index in [2.05, 4.69) is 20.2 Å². The third-order valence-corrected chi connectivity index (χ3v) is 3.60. The minimum Gasteiger partial charge on any atom is -0.352 e. The molecule has 3 heterocycles. The lowest BCUT2D eigenvalue weighted by Gasteiger charge is -2.29. The number of nitrogens with zero attached hydrogens (tertiary/aromatic N) is 5. The Balaban J connectivity index is 2.28. The summed E-state index contributed by atoms with van der Waals surface area (Å²) in [6, 6.07) is 0. The second-order valence-corrected chi connectivity index (χ2v) is 4.90. The molecule has 7 heteroatoms. The second kappa shape index (κ2) is 4.34. The van der Waals surface area contributed by atoms with Gasteiger partial charge in [-0.1, -0.05) is 0 Å². The molecule has 0 bridgehead atoms. The van der Waals surface area contributed by atoms with Crippen LogP contribution in [0.3, 0.4) is 0 Å². The molecule has 2 aromatic heterocycles. The molecular formula is C12H18N6O. The number of hydrogen-bond donors (Lipinski definition) is 1. The van der Waals surface area contributed by atoms with Crippen LogP contribution in [0.5, 0.6) is 0 Å². The van der Waals surface area contributed by atoms with Crippen LogP contribution >= 0.6 is 0 Å². The summed E-state index contributed by atoms with van der Waals surface area (Å²) >= 11 is 0. The van der Waals surface area contributed by atoms with E-state index in [1.54, 1.807) is 23.2 Å². The first-order valence-electron chi connectivity index (χ1n) is 6.45. The molecule has 0 atom stereocenters. The third-order valence-electron chi connectivity index (χ3n) is 3.60. The molecule has 3 rings (SSSR count). The molecule has 1 aliphatic heterocycles.